The third-order valence-electron chi connectivity index (χ3n) is 1.75. The molecule has 1 rings (SSSR count). The molecule has 0 aliphatic carbocycles. The molecule has 1 aliphatic heterocycles. The molecule has 0 aromatic heterocycles. The van der Waals surface area contributed by atoms with Crippen LogP contribution in [0.1, 0.15) is 20.3 Å². The smallest absolute Gasteiger partial charge is 0.0798 e. The molecule has 1 aliphatic rings. The predicted molar refractivity (Wildman–Crippen MR) is 35.2 cm³/mol. The molecule has 9 heavy (non-hydrogen) atoms. The highest BCUT2D eigenvalue weighted by molar-refractivity contribution is 4.74. The van der Waals surface area contributed by atoms with Crippen molar-refractivity contribution in [3.63, 3.8) is 0 Å². The van der Waals surface area contributed by atoms with Crippen LogP contribution in [0.2, 0.25) is 0 Å². The van der Waals surface area contributed by atoms with Crippen LogP contribution in [-0.4, -0.2) is 23.9 Å². The van der Waals surface area contributed by atoms with E-state index in [0.29, 0.717) is 18.6 Å². The highest BCUT2D eigenvalue weighted by Gasteiger charge is 2.25. The lowest BCUT2D eigenvalue weighted by Crippen LogP contribution is -2.13. The Morgan fingerprint density at radius 1 is 1.56 bits per heavy atom. The van der Waals surface area contributed by atoms with E-state index in [-0.39, 0.29) is 6.10 Å². The maximum atomic E-state index is 9.02. The zero-order valence-corrected chi connectivity index (χ0v) is 6.00. The number of hydrogen-bond donors (Lipinski definition) is 1. The minimum atomic E-state index is -0.211. The standard InChI is InChI=1S/C7H14O2/c1-5(2)7-3-6(8)4-9-7/h5-8H,3-4H2,1-2H3/t6-,7-/m0/s1. The van der Waals surface area contributed by atoms with E-state index < -0.39 is 0 Å². The van der Waals surface area contributed by atoms with E-state index in [9.17, 15) is 0 Å². The summed E-state index contributed by atoms with van der Waals surface area (Å²) >= 11 is 0. The summed E-state index contributed by atoms with van der Waals surface area (Å²) in [5.74, 6) is 0.544. The fraction of sp³-hybridized carbons (Fsp3) is 1.00. The lowest BCUT2D eigenvalue weighted by Gasteiger charge is -2.11. The average Bonchev–Trinajstić information content (AvgIpc) is 2.14. The Labute approximate surface area is 55.8 Å². The minimum Gasteiger partial charge on any atom is -0.391 e. The van der Waals surface area contributed by atoms with E-state index in [4.69, 9.17) is 9.84 Å². The van der Waals surface area contributed by atoms with Crippen molar-refractivity contribution >= 4 is 0 Å². The van der Waals surface area contributed by atoms with Gasteiger partial charge in [0.15, 0.2) is 0 Å². The number of aliphatic hydroxyl groups excluding tert-OH is 1. The Morgan fingerprint density at radius 3 is 2.44 bits per heavy atom. The quantitative estimate of drug-likeness (QED) is 0.568. The van der Waals surface area contributed by atoms with E-state index in [1.54, 1.807) is 0 Å². The molecule has 0 amide bonds. The van der Waals surface area contributed by atoms with E-state index in [2.05, 4.69) is 13.8 Å². The predicted octanol–water partition coefficient (Wildman–Crippen LogP) is 0.792. The van der Waals surface area contributed by atoms with Crippen molar-refractivity contribution in [2.24, 2.45) is 5.92 Å². The van der Waals surface area contributed by atoms with Crippen LogP contribution in [0.5, 0.6) is 0 Å². The molecule has 2 heteroatoms. The molecule has 1 saturated heterocycles. The molecule has 54 valence electrons. The minimum absolute atomic E-state index is 0.211. The van der Waals surface area contributed by atoms with Crippen LogP contribution in [0.3, 0.4) is 0 Å². The number of ether oxygens (including phenoxy) is 1. The first-order valence-electron chi connectivity index (χ1n) is 3.50. The van der Waals surface area contributed by atoms with Crippen molar-refractivity contribution in [1.29, 1.82) is 0 Å². The van der Waals surface area contributed by atoms with E-state index in [1.807, 2.05) is 0 Å². The molecule has 1 heterocycles. The van der Waals surface area contributed by atoms with Crippen LogP contribution in [0.15, 0.2) is 0 Å². The Kier molecular flexibility index (Phi) is 2.09. The summed E-state index contributed by atoms with van der Waals surface area (Å²) in [7, 11) is 0. The van der Waals surface area contributed by atoms with Gasteiger partial charge in [0.1, 0.15) is 0 Å². The Hall–Kier alpha value is -0.0800. The highest BCUT2D eigenvalue weighted by atomic mass is 16.5. The molecular formula is C7H14O2. The van der Waals surface area contributed by atoms with Crippen LogP contribution in [-0.2, 0) is 4.74 Å². The number of hydrogen-bond acceptors (Lipinski definition) is 2. The SMILES string of the molecule is CC(C)[C@@H]1C[C@H](O)CO1. The van der Waals surface area contributed by atoms with Crippen LogP contribution >= 0.6 is 0 Å². The molecule has 0 spiro atoms. The van der Waals surface area contributed by atoms with Crippen LogP contribution in [0.4, 0.5) is 0 Å². The van der Waals surface area contributed by atoms with Crippen molar-refractivity contribution in [3.05, 3.63) is 0 Å². The van der Waals surface area contributed by atoms with Crippen molar-refractivity contribution < 1.29 is 9.84 Å². The second-order valence-corrected chi connectivity index (χ2v) is 3.01. The van der Waals surface area contributed by atoms with Gasteiger partial charge in [-0.25, -0.2) is 0 Å². The summed E-state index contributed by atoms with van der Waals surface area (Å²) in [6.07, 6.45) is 0.898. The zero-order valence-electron chi connectivity index (χ0n) is 6.00. The molecule has 1 N–H and O–H groups in total. The van der Waals surface area contributed by atoms with Gasteiger partial charge in [-0.2, -0.15) is 0 Å². The molecule has 0 saturated carbocycles. The molecule has 0 aromatic carbocycles. The second-order valence-electron chi connectivity index (χ2n) is 3.01. The molecule has 0 aromatic rings. The van der Waals surface area contributed by atoms with Crippen LogP contribution in [0.25, 0.3) is 0 Å². The summed E-state index contributed by atoms with van der Waals surface area (Å²) in [6, 6.07) is 0. The fourth-order valence-corrected chi connectivity index (χ4v) is 1.10. The molecule has 0 bridgehead atoms. The second kappa shape index (κ2) is 2.67. The van der Waals surface area contributed by atoms with Crippen molar-refractivity contribution in [1.82, 2.24) is 0 Å². The topological polar surface area (TPSA) is 29.5 Å². The lowest BCUT2D eigenvalue weighted by atomic mass is 10.0. The van der Waals surface area contributed by atoms with Crippen molar-refractivity contribution in [2.75, 3.05) is 6.61 Å². The van der Waals surface area contributed by atoms with Gasteiger partial charge in [-0.15, -0.1) is 0 Å². The first-order chi connectivity index (χ1) is 4.20. The highest BCUT2D eigenvalue weighted by Crippen LogP contribution is 2.19. The average molecular weight is 130 g/mol. The zero-order chi connectivity index (χ0) is 6.85. The third kappa shape index (κ3) is 1.66. The van der Waals surface area contributed by atoms with Gasteiger partial charge in [0.25, 0.3) is 0 Å². The molecule has 0 radical (unpaired) electrons. The maximum absolute atomic E-state index is 9.02. The van der Waals surface area contributed by atoms with E-state index >= 15 is 0 Å². The first kappa shape index (κ1) is 7.03. The van der Waals surface area contributed by atoms with E-state index in [0.717, 1.165) is 6.42 Å². The first-order valence-corrected chi connectivity index (χ1v) is 3.50. The third-order valence-corrected chi connectivity index (χ3v) is 1.75. The van der Waals surface area contributed by atoms with E-state index in [1.165, 1.54) is 0 Å². The Balaban J connectivity index is 2.30. The maximum Gasteiger partial charge on any atom is 0.0798 e. The Bertz CT molecular complexity index is 90.9. The normalized spacial score (nSPS) is 36.0. The van der Waals surface area contributed by atoms with Crippen molar-refractivity contribution in [3.8, 4) is 0 Å². The number of rotatable bonds is 1. The van der Waals surface area contributed by atoms with Gasteiger partial charge in [0.2, 0.25) is 0 Å². The summed E-state index contributed by atoms with van der Waals surface area (Å²) in [6.45, 7) is 4.76. The van der Waals surface area contributed by atoms with Gasteiger partial charge in [0, 0.05) is 6.42 Å². The number of aliphatic hydroxyl groups is 1. The van der Waals surface area contributed by atoms with Gasteiger partial charge in [0.05, 0.1) is 18.8 Å². The van der Waals surface area contributed by atoms with Gasteiger partial charge in [-0.1, -0.05) is 13.8 Å². The Morgan fingerprint density at radius 2 is 2.22 bits per heavy atom. The summed E-state index contributed by atoms with van der Waals surface area (Å²) in [5, 5.41) is 9.02. The van der Waals surface area contributed by atoms with Crippen LogP contribution < -0.4 is 0 Å². The molecule has 1 fully saturated rings. The molecular weight excluding hydrogens is 116 g/mol. The van der Waals surface area contributed by atoms with Gasteiger partial charge in [-0.05, 0) is 5.92 Å². The van der Waals surface area contributed by atoms with Crippen LogP contribution in [0, 0.1) is 5.92 Å². The molecule has 2 atom stereocenters. The van der Waals surface area contributed by atoms with Gasteiger partial charge < -0.3 is 9.84 Å². The summed E-state index contributed by atoms with van der Waals surface area (Å²) in [5.41, 5.74) is 0. The van der Waals surface area contributed by atoms with Gasteiger partial charge in [-0.3, -0.25) is 0 Å². The molecule has 0 unspecified atom stereocenters. The summed E-state index contributed by atoms with van der Waals surface area (Å²) < 4.78 is 5.28. The monoisotopic (exact) mass is 130 g/mol. The largest absolute Gasteiger partial charge is 0.391 e. The van der Waals surface area contributed by atoms with Gasteiger partial charge >= 0.3 is 0 Å². The summed E-state index contributed by atoms with van der Waals surface area (Å²) in [4.78, 5) is 0. The molecule has 2 nitrogen and oxygen atoms in total. The van der Waals surface area contributed by atoms with Crippen molar-refractivity contribution in [2.45, 2.75) is 32.5 Å². The lowest BCUT2D eigenvalue weighted by molar-refractivity contribution is 0.0641. The fourth-order valence-electron chi connectivity index (χ4n) is 1.10.